The second kappa shape index (κ2) is 41.9. The van der Waals surface area contributed by atoms with E-state index in [0.29, 0.717) is 85.2 Å². The molecule has 2 aliphatic carbocycles. The van der Waals surface area contributed by atoms with E-state index in [0.717, 1.165) is 220 Å². The molecule has 0 radical (unpaired) electrons. The lowest BCUT2D eigenvalue weighted by Gasteiger charge is -2.19. The molecule has 0 saturated heterocycles. The van der Waals surface area contributed by atoms with Crippen LogP contribution in [0.25, 0.3) is 111 Å². The van der Waals surface area contributed by atoms with Crippen molar-refractivity contribution in [3.05, 3.63) is 379 Å². The fourth-order valence-corrected chi connectivity index (χ4v) is 23.3. The molecule has 0 spiro atoms. The molecule has 8 N–H and O–H groups in total. The van der Waals surface area contributed by atoms with Crippen molar-refractivity contribution in [3.8, 4) is 68.5 Å². The molecule has 4 atom stereocenters. The molecule has 24 heteroatoms. The topological polar surface area (TPSA) is 259 Å². The summed E-state index contributed by atoms with van der Waals surface area (Å²) in [5, 5.41) is 71.5. The van der Waals surface area contributed by atoms with Gasteiger partial charge in [0.1, 0.15) is 59.2 Å². The molecule has 150 heavy (non-hydrogen) atoms. The van der Waals surface area contributed by atoms with Crippen LogP contribution in [0.2, 0.25) is 0 Å². The first kappa shape index (κ1) is 100. The van der Waals surface area contributed by atoms with Gasteiger partial charge in [0.25, 0.3) is 23.6 Å². The number of amides is 4. The highest BCUT2D eigenvalue weighted by molar-refractivity contribution is 6.23. The van der Waals surface area contributed by atoms with E-state index < -0.39 is 0 Å². The van der Waals surface area contributed by atoms with Gasteiger partial charge in [-0.3, -0.25) is 19.2 Å². The number of phenols is 6. The summed E-state index contributed by atoms with van der Waals surface area (Å²) in [6.07, 6.45) is 5.90. The van der Waals surface area contributed by atoms with Crippen molar-refractivity contribution < 1.29 is 59.3 Å². The Balaban J connectivity index is 0.000000117. The highest BCUT2D eigenvalue weighted by Gasteiger charge is 2.42. The largest absolute Gasteiger partial charge is 0.508 e. The molecule has 16 aromatic carbocycles. The number of anilines is 4. The second-order valence-corrected chi connectivity index (χ2v) is 41.5. The van der Waals surface area contributed by atoms with Crippen molar-refractivity contribution >= 4 is 181 Å². The Bertz CT molecular complexity index is 8490. The molecule has 4 amide bonds. The number of alkyl halides is 4. The predicted octanol–water partition coefficient (Wildman–Crippen LogP) is 27.1. The van der Waals surface area contributed by atoms with Crippen LogP contribution >= 0.6 is 46.4 Å². The minimum absolute atomic E-state index is 0.000533. The van der Waals surface area contributed by atoms with E-state index in [1.807, 2.05) is 262 Å². The van der Waals surface area contributed by atoms with E-state index in [1.54, 1.807) is 68.1 Å². The molecule has 2 aromatic heterocycles. The molecular weight excluding hydrogens is 1960 g/mol. The maximum atomic E-state index is 13.9. The molecule has 0 fully saturated rings. The summed E-state index contributed by atoms with van der Waals surface area (Å²) in [5.41, 5.74) is 28.4. The molecule has 20 nitrogen and oxygen atoms in total. The average Bonchev–Trinajstić information content (AvgIpc) is 1.72. The molecule has 4 aliphatic heterocycles. The zero-order valence-electron chi connectivity index (χ0n) is 84.2. The summed E-state index contributed by atoms with van der Waals surface area (Å²) in [5.74, 6) is 3.97. The molecule has 18 aromatic rings. The van der Waals surface area contributed by atoms with E-state index in [2.05, 4.69) is 56.2 Å². The molecule has 6 heterocycles. The van der Waals surface area contributed by atoms with Crippen LogP contribution in [-0.4, -0.2) is 178 Å². The molecule has 24 rings (SSSR count). The third-order valence-electron chi connectivity index (χ3n) is 30.0. The molecular formula is C126H112Cl4N8O12. The fourth-order valence-electron chi connectivity index (χ4n) is 22.3. The number of H-pyrrole nitrogens is 2. The van der Waals surface area contributed by atoms with Gasteiger partial charge in [-0.05, 0) is 324 Å². The van der Waals surface area contributed by atoms with Crippen LogP contribution in [0.15, 0.2) is 279 Å². The number of fused-ring (bicyclic) bond motifs is 16. The molecule has 0 unspecified atom stereocenters. The lowest BCUT2D eigenvalue weighted by Crippen LogP contribution is -2.30. The van der Waals surface area contributed by atoms with Gasteiger partial charge in [0.15, 0.2) is 0 Å². The number of aromatic nitrogens is 2. The first-order valence-electron chi connectivity index (χ1n) is 50.4. The summed E-state index contributed by atoms with van der Waals surface area (Å²) in [7, 11) is 8.11. The van der Waals surface area contributed by atoms with E-state index in [9.17, 15) is 49.8 Å². The van der Waals surface area contributed by atoms with Crippen LogP contribution < -0.4 is 29.1 Å². The van der Waals surface area contributed by atoms with Gasteiger partial charge in [-0.25, -0.2) is 0 Å². The Labute approximate surface area is 889 Å². The normalized spacial score (nSPS) is 15.5. The van der Waals surface area contributed by atoms with Gasteiger partial charge in [-0.15, -0.1) is 46.4 Å². The zero-order valence-corrected chi connectivity index (χ0v) is 87.3. The number of phenolic OH excluding ortho intramolecular Hbond substituents is 6. The number of aromatic amines is 2. The van der Waals surface area contributed by atoms with E-state index in [1.165, 1.54) is 16.7 Å². The minimum Gasteiger partial charge on any atom is -0.508 e. The van der Waals surface area contributed by atoms with Gasteiger partial charge >= 0.3 is 0 Å². The van der Waals surface area contributed by atoms with Crippen LogP contribution in [0.3, 0.4) is 0 Å². The van der Waals surface area contributed by atoms with E-state index >= 15 is 0 Å². The first-order chi connectivity index (χ1) is 72.5. The van der Waals surface area contributed by atoms with Crippen molar-refractivity contribution in [2.24, 2.45) is 0 Å². The lowest BCUT2D eigenvalue weighted by atomic mass is 9.92. The standard InChI is InChI=1S/C34H33ClN2O3.C33H32ClN3O3.C30H24ClNO3.C29H23ClN2O3/c1-21-5-4-6-29-31(38)18-30-33(32(21)29)27(19-35)20-37(30)34(39)24-8-7-23-15-25(17-26(23)16-24)22-9-11-28(12-10-22)40-14-13-36(2)3;1-20-5-4-6-26-30(38)17-29-32(31(20)26)24(18-34)19-37(29)33(39)23-8-7-22-15-27(35-28(22)16-23)21-9-11-25(12-10-21)40-14-13-36(2)3;1-17-3-2-4-25-27(34)14-26-29(28(17)25)23(15-31)16-32(26)30(35)20-6-5-19-11-21(13-22(19)12-20)18-7-9-24(33)10-8-18;1-16-3-2-4-22-26(34)13-25-28(27(16)22)20(14-30)15-32(25)29(35)19-6-5-18-11-23(31-24(18)12-19)17-7-9-21(33)10-8-17/h4-12,16-18,27,38H,13-15,19-20H2,1-3H3;4-12,15-17,24,35,38H,13-14,18-19H2,1-3H3;2-10,12-14,23,33-34H,11,15-16H2,1H3;2-13,20,31,33-34H,14-15H2,1H3/t27-;24-;23-;20-/m1111/s1. The Hall–Kier alpha value is -15.5. The van der Waals surface area contributed by atoms with E-state index in [4.69, 9.17) is 55.9 Å². The number of aryl methyl sites for hydroxylation is 4. The maximum Gasteiger partial charge on any atom is 0.258 e. The van der Waals surface area contributed by atoms with Crippen LogP contribution in [0.1, 0.15) is 143 Å². The van der Waals surface area contributed by atoms with Crippen LogP contribution in [-0.2, 0) is 12.8 Å². The fraction of sp³-hybridized carbons (Fsp3) is 0.206. The number of rotatable bonds is 20. The molecule has 6 aliphatic rings. The number of likely N-dealkylation sites (N-methyl/N-ethyl adjacent to an activating group) is 2. The van der Waals surface area contributed by atoms with Crippen LogP contribution in [0, 0.1) is 27.7 Å². The summed E-state index contributed by atoms with van der Waals surface area (Å²) >= 11 is 25.6. The highest BCUT2D eigenvalue weighted by atomic mass is 35.5. The van der Waals surface area contributed by atoms with Gasteiger partial charge in [-0.1, -0.05) is 133 Å². The third-order valence-corrected chi connectivity index (χ3v) is 31.5. The number of hydrogen-bond donors (Lipinski definition) is 8. The molecule has 0 saturated carbocycles. The minimum atomic E-state index is -0.131. The summed E-state index contributed by atoms with van der Waals surface area (Å²) < 4.78 is 11.7. The Morgan fingerprint density at radius 3 is 0.913 bits per heavy atom. The number of carbonyl (C=O) groups excluding carboxylic acids is 4. The first-order valence-corrected chi connectivity index (χ1v) is 52.5. The van der Waals surface area contributed by atoms with Gasteiger partial charge in [0.2, 0.25) is 0 Å². The average molecular weight is 2070 g/mol. The van der Waals surface area contributed by atoms with E-state index in [-0.39, 0.29) is 81.8 Å². The summed E-state index contributed by atoms with van der Waals surface area (Å²) in [4.78, 5) is 73.3. The number of aromatic hydroxyl groups is 6. The number of hydrogen-bond acceptors (Lipinski definition) is 14. The van der Waals surface area contributed by atoms with Crippen molar-refractivity contribution in [2.45, 2.75) is 64.2 Å². The third kappa shape index (κ3) is 19.3. The predicted molar refractivity (Wildman–Crippen MR) is 610 cm³/mol. The maximum absolute atomic E-state index is 13.9. The van der Waals surface area contributed by atoms with Crippen LogP contribution in [0.5, 0.6) is 46.0 Å². The second-order valence-electron chi connectivity index (χ2n) is 40.3. The van der Waals surface area contributed by atoms with Crippen LogP contribution in [0.4, 0.5) is 22.7 Å². The quantitative estimate of drug-likeness (QED) is 0.0330. The smallest absolute Gasteiger partial charge is 0.258 e. The highest BCUT2D eigenvalue weighted by Crippen LogP contribution is 2.53. The summed E-state index contributed by atoms with van der Waals surface area (Å²) in [6, 6.07) is 88.0. The van der Waals surface area contributed by atoms with Crippen molar-refractivity contribution in [1.29, 1.82) is 0 Å². The Kier molecular flexibility index (Phi) is 28.0. The Morgan fingerprint density at radius 2 is 0.613 bits per heavy atom. The zero-order chi connectivity index (χ0) is 104. The molecule has 0 bridgehead atoms. The monoisotopic (exact) mass is 2070 g/mol. The number of carbonyl (C=O) groups is 4. The number of nitrogens with zero attached hydrogens (tertiary/aromatic N) is 6. The summed E-state index contributed by atoms with van der Waals surface area (Å²) in [6.45, 7) is 13.0. The molecule has 756 valence electrons. The Morgan fingerprint density at radius 1 is 0.333 bits per heavy atom. The number of allylic oxidation sites excluding steroid dienone is 2. The van der Waals surface area contributed by atoms with Gasteiger partial charge in [0, 0.05) is 188 Å². The van der Waals surface area contributed by atoms with Gasteiger partial charge < -0.3 is 79.5 Å². The van der Waals surface area contributed by atoms with Crippen molar-refractivity contribution in [2.75, 3.05) is 124 Å². The van der Waals surface area contributed by atoms with Crippen molar-refractivity contribution in [1.82, 2.24) is 19.8 Å². The van der Waals surface area contributed by atoms with Crippen molar-refractivity contribution in [3.63, 3.8) is 0 Å². The van der Waals surface area contributed by atoms with Gasteiger partial charge in [-0.2, -0.15) is 0 Å². The lowest BCUT2D eigenvalue weighted by molar-refractivity contribution is 0.0980. The number of nitrogens with one attached hydrogen (secondary N) is 2. The number of ether oxygens (including phenoxy) is 2. The number of halogens is 4. The SMILES string of the molecule is Cc1cccc2c(O)cc3c(c12)[C@H](CCl)CN3C(=O)c1ccc2c(c1)C=C(c1ccc(O)cc1)C2.Cc1cccc2c(O)cc3c(c12)[C@H](CCl)CN3C(=O)c1ccc2c(c1)C=C(c1ccc(OCCN(C)C)cc1)C2.Cc1cccc2c(O)cc3c(c12)[C@H](CCl)CN3C(=O)c1ccc2cc(-c3ccc(O)cc3)[nH]c2c1.Cc1cccc2c(O)cc3c(c12)[C@H](CCl)CN3C(=O)c1ccc2cc(-c3ccc(OCCN(C)C)cc3)[nH]c2c1. The number of benzene rings is 16. The van der Waals surface area contributed by atoms with Gasteiger partial charge in [0.05, 0.1) is 22.7 Å².